The molecule has 0 heterocycles. The topological polar surface area (TPSA) is 75.7 Å². The number of hydrogen-bond donors (Lipinski definition) is 1. The highest BCUT2D eigenvalue weighted by atomic mass is 32.2. The van der Waals surface area contributed by atoms with Gasteiger partial charge in [-0.25, -0.2) is 8.42 Å². The van der Waals surface area contributed by atoms with Crippen LogP contribution in [0.5, 0.6) is 5.75 Å². The van der Waals surface area contributed by atoms with Crippen LogP contribution in [0.15, 0.2) is 114 Å². The summed E-state index contributed by atoms with van der Waals surface area (Å²) in [6, 6.07) is 31.4. The number of carbonyl (C=O) groups is 1. The Hall–Kier alpha value is -4.10. The van der Waals surface area contributed by atoms with Crippen molar-refractivity contribution < 1.29 is 17.9 Å². The van der Waals surface area contributed by atoms with Gasteiger partial charge >= 0.3 is 0 Å². The van der Waals surface area contributed by atoms with E-state index in [1.54, 1.807) is 61.7 Å². The van der Waals surface area contributed by atoms with Crippen molar-refractivity contribution in [3.8, 4) is 5.75 Å². The summed E-state index contributed by atoms with van der Waals surface area (Å²) in [5, 5.41) is 3.00. The molecule has 1 N–H and O–H groups in total. The Kier molecular flexibility index (Phi) is 7.71. The van der Waals surface area contributed by atoms with Crippen molar-refractivity contribution in [3.05, 3.63) is 126 Å². The Morgan fingerprint density at radius 3 is 2.11 bits per heavy atom. The van der Waals surface area contributed by atoms with Crippen molar-refractivity contribution >= 4 is 21.6 Å². The van der Waals surface area contributed by atoms with Gasteiger partial charge < -0.3 is 10.1 Å². The number of anilines is 1. The number of benzene rings is 4. The first-order chi connectivity index (χ1) is 17.4. The van der Waals surface area contributed by atoms with E-state index in [4.69, 9.17) is 4.74 Å². The third-order valence-electron chi connectivity index (χ3n) is 5.87. The number of nitrogens with one attached hydrogen (secondary N) is 1. The van der Waals surface area contributed by atoms with Gasteiger partial charge in [0.05, 0.1) is 35.8 Å². The summed E-state index contributed by atoms with van der Waals surface area (Å²) in [5.74, 6) is 0.279. The Balaban J connectivity index is 1.74. The van der Waals surface area contributed by atoms with Gasteiger partial charge in [-0.05, 0) is 42.8 Å². The van der Waals surface area contributed by atoms with Gasteiger partial charge in [0.2, 0.25) is 0 Å². The summed E-state index contributed by atoms with van der Waals surface area (Å²) >= 11 is 0. The van der Waals surface area contributed by atoms with E-state index in [9.17, 15) is 13.2 Å². The minimum Gasteiger partial charge on any atom is -0.496 e. The molecule has 36 heavy (non-hydrogen) atoms. The van der Waals surface area contributed by atoms with Gasteiger partial charge in [0.15, 0.2) is 0 Å². The number of amides is 1. The van der Waals surface area contributed by atoms with Crippen molar-refractivity contribution in [2.45, 2.75) is 24.4 Å². The van der Waals surface area contributed by atoms with Crippen molar-refractivity contribution in [2.24, 2.45) is 0 Å². The van der Waals surface area contributed by atoms with E-state index in [2.05, 4.69) is 5.32 Å². The minimum atomic E-state index is -3.97. The monoisotopic (exact) mass is 500 g/mol. The second-order valence-corrected chi connectivity index (χ2v) is 10.1. The average molecular weight is 501 g/mol. The van der Waals surface area contributed by atoms with Crippen LogP contribution in [-0.4, -0.2) is 21.4 Å². The van der Waals surface area contributed by atoms with E-state index in [1.807, 2.05) is 61.5 Å². The standard InChI is InChI=1S/C29H28N2O4S/c1-22(25-17-10-12-20-28(25)35-2)30-29(32)26-18-9-11-19-27(26)31(21-23-13-5-3-6-14-23)36(33,34)24-15-7-4-8-16-24/h3-20,22H,21H2,1-2H3,(H,30,32). The summed E-state index contributed by atoms with van der Waals surface area (Å²) in [4.78, 5) is 13.6. The van der Waals surface area contributed by atoms with Gasteiger partial charge in [0.25, 0.3) is 15.9 Å². The zero-order valence-corrected chi connectivity index (χ0v) is 21.0. The number of sulfonamides is 1. The maximum absolute atomic E-state index is 13.8. The van der Waals surface area contributed by atoms with Crippen LogP contribution in [-0.2, 0) is 16.6 Å². The Bertz CT molecular complexity index is 1420. The predicted molar refractivity (Wildman–Crippen MR) is 142 cm³/mol. The van der Waals surface area contributed by atoms with Gasteiger partial charge in [-0.15, -0.1) is 0 Å². The lowest BCUT2D eigenvalue weighted by molar-refractivity contribution is 0.0940. The number of rotatable bonds is 9. The maximum atomic E-state index is 13.8. The number of ether oxygens (including phenoxy) is 1. The third kappa shape index (κ3) is 5.42. The summed E-state index contributed by atoms with van der Waals surface area (Å²) < 4.78 is 34.4. The molecule has 184 valence electrons. The normalized spacial score (nSPS) is 11.9. The Morgan fingerprint density at radius 2 is 1.42 bits per heavy atom. The molecule has 7 heteroatoms. The molecule has 0 bridgehead atoms. The number of para-hydroxylation sites is 2. The molecule has 1 amide bonds. The fourth-order valence-electron chi connectivity index (χ4n) is 4.03. The molecule has 0 aliphatic rings. The molecule has 0 aliphatic carbocycles. The summed E-state index contributed by atoms with van der Waals surface area (Å²) in [7, 11) is -2.38. The second-order valence-electron chi connectivity index (χ2n) is 8.26. The Labute approximate surface area is 212 Å². The molecule has 0 aliphatic heterocycles. The van der Waals surface area contributed by atoms with Crippen LogP contribution in [0.4, 0.5) is 5.69 Å². The largest absolute Gasteiger partial charge is 0.496 e. The molecule has 1 atom stereocenters. The van der Waals surface area contributed by atoms with E-state index >= 15 is 0 Å². The quantitative estimate of drug-likeness (QED) is 0.325. The van der Waals surface area contributed by atoms with Gasteiger partial charge in [-0.1, -0.05) is 78.9 Å². The molecular weight excluding hydrogens is 472 g/mol. The van der Waals surface area contributed by atoms with Gasteiger partial charge in [0, 0.05) is 5.56 Å². The second kappa shape index (κ2) is 11.1. The van der Waals surface area contributed by atoms with Crippen LogP contribution in [0, 0.1) is 0 Å². The lowest BCUT2D eigenvalue weighted by atomic mass is 10.1. The third-order valence-corrected chi connectivity index (χ3v) is 7.64. The first-order valence-electron chi connectivity index (χ1n) is 11.6. The van der Waals surface area contributed by atoms with E-state index in [1.165, 1.54) is 4.31 Å². The van der Waals surface area contributed by atoms with Crippen molar-refractivity contribution in [1.82, 2.24) is 5.32 Å². The predicted octanol–water partition coefficient (Wildman–Crippen LogP) is 5.58. The molecule has 4 aromatic rings. The van der Waals surface area contributed by atoms with Crippen molar-refractivity contribution in [1.29, 1.82) is 0 Å². The van der Waals surface area contributed by atoms with E-state index in [-0.39, 0.29) is 29.0 Å². The molecule has 0 saturated carbocycles. The van der Waals surface area contributed by atoms with Crippen molar-refractivity contribution in [3.63, 3.8) is 0 Å². The van der Waals surface area contributed by atoms with Crippen LogP contribution < -0.4 is 14.4 Å². The van der Waals surface area contributed by atoms with Gasteiger partial charge in [-0.3, -0.25) is 9.10 Å². The molecule has 6 nitrogen and oxygen atoms in total. The lowest BCUT2D eigenvalue weighted by Gasteiger charge is -2.27. The van der Waals surface area contributed by atoms with Crippen LogP contribution in [0.3, 0.4) is 0 Å². The highest BCUT2D eigenvalue weighted by molar-refractivity contribution is 7.92. The zero-order chi connectivity index (χ0) is 25.5. The molecule has 0 spiro atoms. The SMILES string of the molecule is COc1ccccc1C(C)NC(=O)c1ccccc1N(Cc1ccccc1)S(=O)(=O)c1ccccc1. The van der Waals surface area contributed by atoms with Crippen LogP contribution in [0.25, 0.3) is 0 Å². The number of nitrogens with zero attached hydrogens (tertiary/aromatic N) is 1. The first-order valence-corrected chi connectivity index (χ1v) is 13.0. The molecular formula is C29H28N2O4S. The highest BCUT2D eigenvalue weighted by Crippen LogP contribution is 2.30. The molecule has 0 radical (unpaired) electrons. The molecule has 0 aromatic heterocycles. The van der Waals surface area contributed by atoms with Crippen molar-refractivity contribution in [2.75, 3.05) is 11.4 Å². The lowest BCUT2D eigenvalue weighted by Crippen LogP contribution is -2.34. The van der Waals surface area contributed by atoms with Crippen LogP contribution in [0.1, 0.15) is 34.5 Å². The maximum Gasteiger partial charge on any atom is 0.264 e. The molecule has 4 aromatic carbocycles. The number of carbonyl (C=O) groups excluding carboxylic acids is 1. The summed E-state index contributed by atoms with van der Waals surface area (Å²) in [6.07, 6.45) is 0. The fraction of sp³-hybridized carbons (Fsp3) is 0.138. The van der Waals surface area contributed by atoms with E-state index in [0.29, 0.717) is 11.4 Å². The molecule has 4 rings (SSSR count). The first kappa shape index (κ1) is 25.0. The average Bonchev–Trinajstić information content (AvgIpc) is 2.92. The molecule has 1 unspecified atom stereocenters. The van der Waals surface area contributed by atoms with E-state index < -0.39 is 10.0 Å². The van der Waals surface area contributed by atoms with E-state index in [0.717, 1.165) is 11.1 Å². The summed E-state index contributed by atoms with van der Waals surface area (Å²) in [5.41, 5.74) is 2.18. The fourth-order valence-corrected chi connectivity index (χ4v) is 5.52. The zero-order valence-electron chi connectivity index (χ0n) is 20.2. The van der Waals surface area contributed by atoms with Gasteiger partial charge in [0.1, 0.15) is 5.75 Å². The number of hydrogen-bond acceptors (Lipinski definition) is 4. The molecule has 0 fully saturated rings. The smallest absolute Gasteiger partial charge is 0.264 e. The highest BCUT2D eigenvalue weighted by Gasteiger charge is 2.29. The molecule has 0 saturated heterocycles. The van der Waals surface area contributed by atoms with Crippen LogP contribution in [0.2, 0.25) is 0 Å². The minimum absolute atomic E-state index is 0.0738. The van der Waals surface area contributed by atoms with Crippen LogP contribution >= 0.6 is 0 Å². The summed E-state index contributed by atoms with van der Waals surface area (Å²) in [6.45, 7) is 1.94. The van der Waals surface area contributed by atoms with Gasteiger partial charge in [-0.2, -0.15) is 0 Å². The Morgan fingerprint density at radius 1 is 0.833 bits per heavy atom. The number of methoxy groups -OCH3 is 1.